The lowest BCUT2D eigenvalue weighted by Crippen LogP contribution is -2.40. The van der Waals surface area contributed by atoms with Crippen molar-refractivity contribution in [1.29, 1.82) is 0 Å². The van der Waals surface area contributed by atoms with Crippen molar-refractivity contribution in [1.82, 2.24) is 4.90 Å². The summed E-state index contributed by atoms with van der Waals surface area (Å²) in [5, 5.41) is 2.86. The zero-order valence-corrected chi connectivity index (χ0v) is 20.6. The molecule has 6 nitrogen and oxygen atoms in total. The van der Waals surface area contributed by atoms with E-state index in [1.54, 1.807) is 6.07 Å². The Morgan fingerprint density at radius 3 is 2.53 bits per heavy atom. The summed E-state index contributed by atoms with van der Waals surface area (Å²) in [6.07, 6.45) is 3.61. The smallest absolute Gasteiger partial charge is 0.255 e. The van der Waals surface area contributed by atoms with E-state index in [1.165, 1.54) is 18.2 Å². The topological polar surface area (TPSA) is 61.9 Å². The van der Waals surface area contributed by atoms with Crippen molar-refractivity contribution in [3.8, 4) is 0 Å². The Balaban J connectivity index is 1.87. The molecule has 1 aliphatic rings. The van der Waals surface area contributed by atoms with Gasteiger partial charge < -0.3 is 19.9 Å². The van der Waals surface area contributed by atoms with Crippen LogP contribution >= 0.6 is 0 Å². The summed E-state index contributed by atoms with van der Waals surface area (Å²) in [5.41, 5.74) is 2.75. The van der Waals surface area contributed by atoms with Crippen molar-refractivity contribution in [2.75, 3.05) is 37.5 Å². The summed E-state index contributed by atoms with van der Waals surface area (Å²) in [5.74, 6) is -0.729. The number of rotatable bonds is 10. The molecule has 1 unspecified atom stereocenters. The second kappa shape index (κ2) is 12.0. The SMILES string of the molecule is CCC(CC)C(=O)N(Cc1cc(NC(=O)c2cccc(F)c2)ccc1N(C)C)CC1CCCO1. The lowest BCUT2D eigenvalue weighted by molar-refractivity contribution is -0.138. The van der Waals surface area contributed by atoms with E-state index < -0.39 is 5.82 Å². The first-order chi connectivity index (χ1) is 16.3. The molecular formula is C27H36FN3O3. The third-order valence-corrected chi connectivity index (χ3v) is 6.36. The number of hydrogen-bond acceptors (Lipinski definition) is 4. The number of nitrogens with zero attached hydrogens (tertiary/aromatic N) is 2. The normalized spacial score (nSPS) is 15.4. The quantitative estimate of drug-likeness (QED) is 0.527. The van der Waals surface area contributed by atoms with Crippen molar-refractivity contribution >= 4 is 23.2 Å². The maximum absolute atomic E-state index is 13.5. The van der Waals surface area contributed by atoms with Crippen LogP contribution in [0.1, 0.15) is 55.5 Å². The van der Waals surface area contributed by atoms with Gasteiger partial charge in [0.2, 0.25) is 5.91 Å². The number of carbonyl (C=O) groups excluding carboxylic acids is 2. The second-order valence-electron chi connectivity index (χ2n) is 9.07. The number of hydrogen-bond donors (Lipinski definition) is 1. The highest BCUT2D eigenvalue weighted by Gasteiger charge is 2.27. The highest BCUT2D eigenvalue weighted by atomic mass is 19.1. The van der Waals surface area contributed by atoms with E-state index in [0.29, 0.717) is 18.8 Å². The summed E-state index contributed by atoms with van der Waals surface area (Å²) in [6, 6.07) is 11.3. The first-order valence-electron chi connectivity index (χ1n) is 12.1. The van der Waals surface area contributed by atoms with Crippen molar-refractivity contribution in [2.45, 2.75) is 52.2 Å². The molecule has 2 amide bonds. The molecule has 0 radical (unpaired) electrons. The number of amides is 2. The summed E-state index contributed by atoms with van der Waals surface area (Å²) in [4.78, 5) is 30.0. The van der Waals surface area contributed by atoms with Gasteiger partial charge in [0.05, 0.1) is 6.10 Å². The van der Waals surface area contributed by atoms with Gasteiger partial charge in [0, 0.05) is 56.6 Å². The van der Waals surface area contributed by atoms with Crippen LogP contribution in [0, 0.1) is 11.7 Å². The van der Waals surface area contributed by atoms with Crippen LogP contribution in [0.3, 0.4) is 0 Å². The third-order valence-electron chi connectivity index (χ3n) is 6.36. The fraction of sp³-hybridized carbons (Fsp3) is 0.481. The van der Waals surface area contributed by atoms with E-state index in [0.717, 1.165) is 43.5 Å². The molecule has 0 saturated carbocycles. The van der Waals surface area contributed by atoms with Crippen molar-refractivity contribution in [3.63, 3.8) is 0 Å². The van der Waals surface area contributed by atoms with Gasteiger partial charge in [-0.3, -0.25) is 9.59 Å². The van der Waals surface area contributed by atoms with Crippen LogP contribution in [0.25, 0.3) is 0 Å². The Labute approximate surface area is 202 Å². The Morgan fingerprint density at radius 2 is 1.91 bits per heavy atom. The molecule has 1 fully saturated rings. The molecule has 1 saturated heterocycles. The van der Waals surface area contributed by atoms with Crippen LogP contribution in [0.2, 0.25) is 0 Å². The van der Waals surface area contributed by atoms with Crippen molar-refractivity contribution in [2.24, 2.45) is 5.92 Å². The fourth-order valence-corrected chi connectivity index (χ4v) is 4.43. The van der Waals surface area contributed by atoms with Crippen LogP contribution in [-0.4, -0.2) is 50.1 Å². The van der Waals surface area contributed by atoms with Crippen LogP contribution in [0.15, 0.2) is 42.5 Å². The minimum Gasteiger partial charge on any atom is -0.377 e. The van der Waals surface area contributed by atoms with E-state index in [-0.39, 0.29) is 29.4 Å². The predicted octanol–water partition coefficient (Wildman–Crippen LogP) is 5.09. The lowest BCUT2D eigenvalue weighted by Gasteiger charge is -2.30. The Kier molecular flexibility index (Phi) is 9.05. The Morgan fingerprint density at radius 1 is 1.15 bits per heavy atom. The maximum atomic E-state index is 13.5. The van der Waals surface area contributed by atoms with Gasteiger partial charge in [-0.25, -0.2) is 4.39 Å². The first-order valence-corrected chi connectivity index (χ1v) is 12.1. The van der Waals surface area contributed by atoms with Crippen molar-refractivity contribution < 1.29 is 18.7 Å². The van der Waals surface area contributed by atoms with Gasteiger partial charge >= 0.3 is 0 Å². The highest BCUT2D eigenvalue weighted by Crippen LogP contribution is 2.27. The molecule has 0 bridgehead atoms. The molecule has 2 aromatic rings. The number of anilines is 2. The largest absolute Gasteiger partial charge is 0.377 e. The lowest BCUT2D eigenvalue weighted by atomic mass is 10.0. The molecule has 1 aliphatic heterocycles. The van der Waals surface area contributed by atoms with Gasteiger partial charge in [-0.2, -0.15) is 0 Å². The number of ether oxygens (including phenoxy) is 1. The van der Waals surface area contributed by atoms with E-state index in [9.17, 15) is 14.0 Å². The summed E-state index contributed by atoms with van der Waals surface area (Å²) < 4.78 is 19.4. The maximum Gasteiger partial charge on any atom is 0.255 e. The Hall–Kier alpha value is -2.93. The van der Waals surface area contributed by atoms with E-state index in [4.69, 9.17) is 4.74 Å². The molecular weight excluding hydrogens is 433 g/mol. The monoisotopic (exact) mass is 469 g/mol. The zero-order chi connectivity index (χ0) is 24.7. The molecule has 1 heterocycles. The van der Waals surface area contributed by atoms with E-state index in [1.807, 2.05) is 55.9 Å². The average Bonchev–Trinajstić information content (AvgIpc) is 3.32. The zero-order valence-electron chi connectivity index (χ0n) is 20.6. The van der Waals surface area contributed by atoms with Gasteiger partial charge in [-0.15, -0.1) is 0 Å². The highest BCUT2D eigenvalue weighted by molar-refractivity contribution is 6.04. The van der Waals surface area contributed by atoms with Crippen LogP contribution in [0.4, 0.5) is 15.8 Å². The molecule has 0 aliphatic carbocycles. The molecule has 1 N–H and O–H groups in total. The molecule has 2 aromatic carbocycles. The molecule has 7 heteroatoms. The van der Waals surface area contributed by atoms with E-state index in [2.05, 4.69) is 5.32 Å². The molecule has 34 heavy (non-hydrogen) atoms. The van der Waals surface area contributed by atoms with E-state index >= 15 is 0 Å². The standard InChI is InChI=1S/C27H36FN3O3/c1-5-19(6-2)27(33)31(18-24-11-8-14-34-24)17-21-16-23(12-13-25(21)30(3)4)29-26(32)20-9-7-10-22(28)15-20/h7,9-10,12-13,15-16,19,24H,5-6,8,11,14,17-18H2,1-4H3,(H,29,32). The predicted molar refractivity (Wildman–Crippen MR) is 134 cm³/mol. The van der Waals surface area contributed by atoms with Crippen LogP contribution in [-0.2, 0) is 16.1 Å². The molecule has 0 aromatic heterocycles. The number of halogens is 1. The fourth-order valence-electron chi connectivity index (χ4n) is 4.43. The summed E-state index contributed by atoms with van der Waals surface area (Å²) >= 11 is 0. The van der Waals surface area contributed by atoms with Crippen LogP contribution < -0.4 is 10.2 Å². The average molecular weight is 470 g/mol. The summed E-state index contributed by atoms with van der Waals surface area (Å²) in [6.45, 7) is 5.81. The first kappa shape index (κ1) is 25.7. The van der Waals surface area contributed by atoms with Gasteiger partial charge in [0.1, 0.15) is 5.82 Å². The minimum atomic E-state index is -0.457. The van der Waals surface area contributed by atoms with Crippen LogP contribution in [0.5, 0.6) is 0 Å². The van der Waals surface area contributed by atoms with Gasteiger partial charge in [0.15, 0.2) is 0 Å². The summed E-state index contributed by atoms with van der Waals surface area (Å²) in [7, 11) is 3.91. The number of nitrogens with one attached hydrogen (secondary N) is 1. The second-order valence-corrected chi connectivity index (χ2v) is 9.07. The molecule has 3 rings (SSSR count). The van der Waals surface area contributed by atoms with Crippen molar-refractivity contribution in [3.05, 3.63) is 59.4 Å². The number of carbonyl (C=O) groups is 2. The molecule has 184 valence electrons. The molecule has 1 atom stereocenters. The molecule has 0 spiro atoms. The minimum absolute atomic E-state index is 0.0277. The van der Waals surface area contributed by atoms with Gasteiger partial charge in [0.25, 0.3) is 5.91 Å². The van der Waals surface area contributed by atoms with Gasteiger partial charge in [-0.1, -0.05) is 19.9 Å². The third kappa shape index (κ3) is 6.56. The Bertz CT molecular complexity index is 985. The number of benzene rings is 2. The van der Waals surface area contributed by atoms with Gasteiger partial charge in [-0.05, 0) is 67.6 Å².